The average Bonchev–Trinajstić information content (AvgIpc) is 3.06. The van der Waals surface area contributed by atoms with E-state index >= 15 is 0 Å². The number of ether oxygens (including phenoxy) is 1. The Morgan fingerprint density at radius 2 is 1.90 bits per heavy atom. The second kappa shape index (κ2) is 7.81. The van der Waals surface area contributed by atoms with E-state index in [0.717, 1.165) is 37.1 Å². The molecule has 2 aliphatic heterocycles. The molecule has 2 aromatic rings. The van der Waals surface area contributed by atoms with Gasteiger partial charge in [0.25, 0.3) is 5.91 Å². The Morgan fingerprint density at radius 3 is 2.61 bits per heavy atom. The summed E-state index contributed by atoms with van der Waals surface area (Å²) in [6.45, 7) is 1.08. The summed E-state index contributed by atoms with van der Waals surface area (Å²) in [4.78, 5) is 38.1. The lowest BCUT2D eigenvalue weighted by molar-refractivity contribution is -0.136. The van der Waals surface area contributed by atoms with Crippen molar-refractivity contribution in [2.75, 3.05) is 0 Å². The van der Waals surface area contributed by atoms with Crippen molar-refractivity contribution in [2.45, 2.75) is 57.0 Å². The maximum absolute atomic E-state index is 12.9. The lowest BCUT2D eigenvalue weighted by Gasteiger charge is -2.42. The molecule has 7 nitrogen and oxygen atoms in total. The standard InChI is InChI=1S/C24H25N3O4/c28-21-10-9-20(22(29)26-21)27-15-17-13-18(7-8-19(17)23(27)30)31-24(11-4-12-24)25-14-16-5-2-1-3-6-16/h1-3,5-8,13,20,25H,4,9-12,14-15H2,(H,26,28,29)/t20-/m0/s1. The van der Waals surface area contributed by atoms with Crippen LogP contribution < -0.4 is 15.4 Å². The second-order valence-corrected chi connectivity index (χ2v) is 8.51. The molecule has 3 aliphatic rings. The van der Waals surface area contributed by atoms with Gasteiger partial charge in [-0.25, -0.2) is 0 Å². The van der Waals surface area contributed by atoms with Gasteiger partial charge in [0, 0.05) is 37.9 Å². The van der Waals surface area contributed by atoms with Crippen LogP contribution in [-0.4, -0.2) is 34.4 Å². The number of imide groups is 1. The van der Waals surface area contributed by atoms with Crippen LogP contribution in [0.1, 0.15) is 53.6 Å². The maximum atomic E-state index is 12.9. The molecular formula is C24H25N3O4. The van der Waals surface area contributed by atoms with E-state index in [1.807, 2.05) is 30.3 Å². The number of nitrogens with zero attached hydrogens (tertiary/aromatic N) is 1. The number of hydrogen-bond acceptors (Lipinski definition) is 5. The van der Waals surface area contributed by atoms with Crippen molar-refractivity contribution < 1.29 is 19.1 Å². The molecule has 2 fully saturated rings. The highest BCUT2D eigenvalue weighted by molar-refractivity contribution is 6.05. The van der Waals surface area contributed by atoms with Crippen molar-refractivity contribution in [2.24, 2.45) is 0 Å². The predicted octanol–water partition coefficient (Wildman–Crippen LogP) is 2.50. The van der Waals surface area contributed by atoms with E-state index in [1.165, 1.54) is 5.56 Å². The first-order valence-electron chi connectivity index (χ1n) is 10.8. The molecule has 1 aliphatic carbocycles. The minimum atomic E-state index is -0.604. The van der Waals surface area contributed by atoms with Crippen LogP contribution in [0.2, 0.25) is 0 Å². The monoisotopic (exact) mass is 419 g/mol. The summed E-state index contributed by atoms with van der Waals surface area (Å²) in [6, 6.07) is 15.1. The Bertz CT molecular complexity index is 1030. The van der Waals surface area contributed by atoms with Crippen molar-refractivity contribution in [1.82, 2.24) is 15.5 Å². The van der Waals surface area contributed by atoms with Gasteiger partial charge in [0.2, 0.25) is 11.8 Å². The largest absolute Gasteiger partial charge is 0.473 e. The number of carbonyl (C=O) groups excluding carboxylic acids is 3. The summed E-state index contributed by atoms with van der Waals surface area (Å²) < 4.78 is 6.37. The summed E-state index contributed by atoms with van der Waals surface area (Å²) >= 11 is 0. The molecule has 0 radical (unpaired) electrons. The SMILES string of the molecule is O=C1CC[C@H](N2Cc3cc(OC4(NCc5ccccc5)CCC4)ccc3C2=O)C(=O)N1. The molecule has 5 rings (SSSR count). The van der Waals surface area contributed by atoms with Crippen molar-refractivity contribution in [3.8, 4) is 5.75 Å². The Balaban J connectivity index is 1.28. The van der Waals surface area contributed by atoms with Gasteiger partial charge in [0.1, 0.15) is 11.8 Å². The Morgan fingerprint density at radius 1 is 1.10 bits per heavy atom. The van der Waals surface area contributed by atoms with Crippen molar-refractivity contribution in [3.05, 3.63) is 65.2 Å². The molecule has 0 aromatic heterocycles. The van der Waals surface area contributed by atoms with Gasteiger partial charge in [-0.1, -0.05) is 30.3 Å². The molecule has 3 amide bonds. The molecule has 7 heteroatoms. The molecule has 31 heavy (non-hydrogen) atoms. The molecule has 0 spiro atoms. The van der Waals surface area contributed by atoms with Crippen LogP contribution in [0.5, 0.6) is 5.75 Å². The first kappa shape index (κ1) is 19.8. The number of nitrogens with one attached hydrogen (secondary N) is 2. The van der Waals surface area contributed by atoms with E-state index in [4.69, 9.17) is 4.74 Å². The first-order chi connectivity index (χ1) is 15.0. The summed E-state index contributed by atoms with van der Waals surface area (Å²) in [5.41, 5.74) is 2.26. The third-order valence-electron chi connectivity index (χ3n) is 6.43. The quantitative estimate of drug-likeness (QED) is 0.555. The van der Waals surface area contributed by atoms with Gasteiger partial charge in [0.15, 0.2) is 5.72 Å². The van der Waals surface area contributed by atoms with E-state index in [-0.39, 0.29) is 18.2 Å². The molecule has 0 unspecified atom stereocenters. The number of benzene rings is 2. The highest BCUT2D eigenvalue weighted by Crippen LogP contribution is 2.37. The van der Waals surface area contributed by atoms with Crippen LogP contribution in [0.3, 0.4) is 0 Å². The molecule has 1 atom stereocenters. The van der Waals surface area contributed by atoms with Gasteiger partial charge in [-0.3, -0.25) is 25.0 Å². The Hall–Kier alpha value is -3.19. The van der Waals surface area contributed by atoms with Crippen LogP contribution in [0.15, 0.2) is 48.5 Å². The fourth-order valence-corrected chi connectivity index (χ4v) is 4.51. The van der Waals surface area contributed by atoms with Crippen LogP contribution in [0.25, 0.3) is 0 Å². The lowest BCUT2D eigenvalue weighted by atomic mass is 9.87. The van der Waals surface area contributed by atoms with Gasteiger partial charge in [0.05, 0.1) is 0 Å². The first-order valence-corrected chi connectivity index (χ1v) is 10.8. The lowest BCUT2D eigenvalue weighted by Crippen LogP contribution is -2.55. The van der Waals surface area contributed by atoms with Gasteiger partial charge in [-0.15, -0.1) is 0 Å². The highest BCUT2D eigenvalue weighted by atomic mass is 16.5. The zero-order valence-electron chi connectivity index (χ0n) is 17.2. The number of hydrogen-bond donors (Lipinski definition) is 2. The number of piperidine rings is 1. The van der Waals surface area contributed by atoms with Crippen molar-refractivity contribution in [3.63, 3.8) is 0 Å². The van der Waals surface area contributed by atoms with E-state index in [9.17, 15) is 14.4 Å². The van der Waals surface area contributed by atoms with E-state index in [1.54, 1.807) is 11.0 Å². The molecule has 2 N–H and O–H groups in total. The fraction of sp³-hybridized carbons (Fsp3) is 0.375. The van der Waals surface area contributed by atoms with Crippen molar-refractivity contribution in [1.29, 1.82) is 0 Å². The Kier molecular flexibility index (Phi) is 4.98. The van der Waals surface area contributed by atoms with Gasteiger partial charge >= 0.3 is 0 Å². The molecular weight excluding hydrogens is 394 g/mol. The molecule has 0 bridgehead atoms. The number of fused-ring (bicyclic) bond motifs is 1. The predicted molar refractivity (Wildman–Crippen MR) is 113 cm³/mol. The molecule has 1 saturated carbocycles. The summed E-state index contributed by atoms with van der Waals surface area (Å²) in [6.07, 6.45) is 3.58. The summed E-state index contributed by atoms with van der Waals surface area (Å²) in [7, 11) is 0. The Labute approximate surface area is 180 Å². The van der Waals surface area contributed by atoms with Crippen LogP contribution in [0.4, 0.5) is 0 Å². The van der Waals surface area contributed by atoms with Crippen LogP contribution in [-0.2, 0) is 22.7 Å². The van der Waals surface area contributed by atoms with Gasteiger partial charge < -0.3 is 9.64 Å². The van der Waals surface area contributed by atoms with Gasteiger partial charge in [-0.2, -0.15) is 0 Å². The van der Waals surface area contributed by atoms with Crippen molar-refractivity contribution >= 4 is 17.7 Å². The minimum Gasteiger partial charge on any atom is -0.473 e. The maximum Gasteiger partial charge on any atom is 0.255 e. The number of amides is 3. The van der Waals surface area contributed by atoms with E-state index < -0.39 is 17.7 Å². The smallest absolute Gasteiger partial charge is 0.255 e. The van der Waals surface area contributed by atoms with E-state index in [0.29, 0.717) is 18.5 Å². The van der Waals surface area contributed by atoms with Gasteiger partial charge in [-0.05, 0) is 42.2 Å². The highest BCUT2D eigenvalue weighted by Gasteiger charge is 2.41. The third-order valence-corrected chi connectivity index (χ3v) is 6.43. The minimum absolute atomic E-state index is 0.170. The second-order valence-electron chi connectivity index (χ2n) is 8.51. The zero-order valence-corrected chi connectivity index (χ0v) is 17.2. The molecule has 160 valence electrons. The van der Waals surface area contributed by atoms with E-state index in [2.05, 4.69) is 22.8 Å². The molecule has 2 aromatic carbocycles. The van der Waals surface area contributed by atoms with Crippen LogP contribution in [0, 0.1) is 0 Å². The topological polar surface area (TPSA) is 87.7 Å². The number of carbonyl (C=O) groups is 3. The summed E-state index contributed by atoms with van der Waals surface area (Å²) in [5, 5.41) is 5.89. The van der Waals surface area contributed by atoms with Crippen LogP contribution >= 0.6 is 0 Å². The summed E-state index contributed by atoms with van der Waals surface area (Å²) in [5.74, 6) is -0.129. The third kappa shape index (κ3) is 3.81. The normalized spacial score (nSPS) is 22.0. The average molecular weight is 419 g/mol. The molecule has 1 saturated heterocycles. The zero-order chi connectivity index (χ0) is 21.4. The fourth-order valence-electron chi connectivity index (χ4n) is 4.51. The molecule has 2 heterocycles. The number of rotatable bonds is 6.